The van der Waals surface area contributed by atoms with Crippen molar-refractivity contribution in [3.05, 3.63) is 35.6 Å². The van der Waals surface area contributed by atoms with Crippen LogP contribution in [-0.4, -0.2) is 42.9 Å². The molecule has 21 heavy (non-hydrogen) atoms. The summed E-state index contributed by atoms with van der Waals surface area (Å²) < 4.78 is 12.7. The summed E-state index contributed by atoms with van der Waals surface area (Å²) in [6.07, 6.45) is 0.232. The number of rotatable bonds is 7. The van der Waals surface area contributed by atoms with Crippen LogP contribution in [0.15, 0.2) is 29.3 Å². The van der Waals surface area contributed by atoms with E-state index in [1.165, 1.54) is 12.1 Å². The zero-order valence-corrected chi connectivity index (χ0v) is 12.6. The number of amides is 1. The van der Waals surface area contributed by atoms with Gasteiger partial charge >= 0.3 is 0 Å². The molecule has 5 nitrogen and oxygen atoms in total. The highest BCUT2D eigenvalue weighted by Crippen LogP contribution is 2.03. The normalized spacial score (nSPS) is 11.3. The summed E-state index contributed by atoms with van der Waals surface area (Å²) in [6, 6.07) is 5.90. The number of nitrogens with one attached hydrogen (secondary N) is 1. The molecule has 6 heteroatoms. The molecule has 1 rings (SSSR count). The van der Waals surface area contributed by atoms with Crippen LogP contribution in [0.25, 0.3) is 0 Å². The van der Waals surface area contributed by atoms with Gasteiger partial charge < -0.3 is 16.0 Å². The molecule has 0 saturated carbocycles. The first-order valence-corrected chi connectivity index (χ1v) is 7.12. The Balaban J connectivity index is 2.30. The van der Waals surface area contributed by atoms with Gasteiger partial charge in [-0.2, -0.15) is 0 Å². The fraction of sp³-hybridized carbons (Fsp3) is 0.467. The van der Waals surface area contributed by atoms with Crippen molar-refractivity contribution < 1.29 is 9.18 Å². The van der Waals surface area contributed by atoms with Crippen molar-refractivity contribution in [2.75, 3.05) is 26.2 Å². The minimum Gasteiger partial charge on any atom is -0.370 e. The van der Waals surface area contributed by atoms with Crippen LogP contribution in [0, 0.1) is 5.82 Å². The fourth-order valence-corrected chi connectivity index (χ4v) is 1.86. The lowest BCUT2D eigenvalue weighted by atomic mass is 10.1. The number of hydrogen-bond donors (Lipinski definition) is 2. The number of carbonyl (C=O) groups is 1. The summed E-state index contributed by atoms with van der Waals surface area (Å²) in [5.74, 6) is 0.0753. The fourth-order valence-electron chi connectivity index (χ4n) is 1.86. The number of nitrogens with zero attached hydrogens (tertiary/aromatic N) is 2. The van der Waals surface area contributed by atoms with Crippen molar-refractivity contribution in [3.63, 3.8) is 0 Å². The number of carbonyl (C=O) groups excluding carboxylic acids is 1. The van der Waals surface area contributed by atoms with Gasteiger partial charge in [-0.25, -0.2) is 4.39 Å². The average molecular weight is 294 g/mol. The molecular weight excluding hydrogens is 271 g/mol. The summed E-state index contributed by atoms with van der Waals surface area (Å²) in [7, 11) is 0. The molecule has 0 saturated heterocycles. The van der Waals surface area contributed by atoms with E-state index >= 15 is 0 Å². The molecule has 1 aromatic carbocycles. The Morgan fingerprint density at radius 2 is 1.90 bits per heavy atom. The van der Waals surface area contributed by atoms with Gasteiger partial charge in [-0.3, -0.25) is 9.79 Å². The number of aliphatic imine (C=N–C) groups is 1. The number of hydrogen-bond acceptors (Lipinski definition) is 2. The van der Waals surface area contributed by atoms with Crippen molar-refractivity contribution in [2.45, 2.75) is 20.3 Å². The molecule has 0 heterocycles. The Labute approximate surface area is 125 Å². The standard InChI is InChI=1S/C15H23FN4O/c1-3-20(4-2)15(17)19-10-9-18-14(21)11-12-5-7-13(16)8-6-12/h5-8H,3-4,9-11H2,1-2H3,(H2,17,19)(H,18,21). The molecule has 3 N–H and O–H groups in total. The van der Waals surface area contributed by atoms with E-state index in [0.29, 0.717) is 19.0 Å². The summed E-state index contributed by atoms with van der Waals surface area (Å²) in [6.45, 7) is 6.51. The Morgan fingerprint density at radius 3 is 2.48 bits per heavy atom. The van der Waals surface area contributed by atoms with Gasteiger partial charge in [0.2, 0.25) is 5.91 Å². The van der Waals surface area contributed by atoms with Gasteiger partial charge in [0, 0.05) is 19.6 Å². The van der Waals surface area contributed by atoms with Gasteiger partial charge in [0.25, 0.3) is 0 Å². The van der Waals surface area contributed by atoms with E-state index in [-0.39, 0.29) is 18.1 Å². The molecule has 0 aromatic heterocycles. The molecule has 0 atom stereocenters. The van der Waals surface area contributed by atoms with Crippen LogP contribution >= 0.6 is 0 Å². The van der Waals surface area contributed by atoms with Gasteiger partial charge in [-0.05, 0) is 31.5 Å². The molecular formula is C15H23FN4O. The maximum Gasteiger partial charge on any atom is 0.224 e. The maximum absolute atomic E-state index is 12.7. The molecule has 0 unspecified atom stereocenters. The quantitative estimate of drug-likeness (QED) is 0.450. The van der Waals surface area contributed by atoms with Crippen LogP contribution in [0.3, 0.4) is 0 Å². The average Bonchev–Trinajstić information content (AvgIpc) is 2.47. The highest BCUT2D eigenvalue weighted by molar-refractivity contribution is 5.79. The lowest BCUT2D eigenvalue weighted by Gasteiger charge is -2.19. The minimum atomic E-state index is -0.305. The van der Waals surface area contributed by atoms with Crippen molar-refractivity contribution in [2.24, 2.45) is 10.7 Å². The van der Waals surface area contributed by atoms with E-state index < -0.39 is 0 Å². The number of halogens is 1. The van der Waals surface area contributed by atoms with Gasteiger partial charge in [0.05, 0.1) is 13.0 Å². The smallest absolute Gasteiger partial charge is 0.224 e. The second-order valence-electron chi connectivity index (χ2n) is 4.57. The Hall–Kier alpha value is -2.11. The summed E-state index contributed by atoms with van der Waals surface area (Å²) in [4.78, 5) is 17.9. The minimum absolute atomic E-state index is 0.113. The topological polar surface area (TPSA) is 70.7 Å². The number of nitrogens with two attached hydrogens (primary N) is 1. The Bertz CT molecular complexity index is 469. The molecule has 0 aliphatic rings. The zero-order chi connectivity index (χ0) is 15.7. The highest BCUT2D eigenvalue weighted by Gasteiger charge is 2.04. The van der Waals surface area contributed by atoms with E-state index in [1.807, 2.05) is 18.7 Å². The van der Waals surface area contributed by atoms with Crippen molar-refractivity contribution in [3.8, 4) is 0 Å². The van der Waals surface area contributed by atoms with Crippen molar-refractivity contribution in [1.29, 1.82) is 0 Å². The largest absolute Gasteiger partial charge is 0.370 e. The van der Waals surface area contributed by atoms with E-state index in [9.17, 15) is 9.18 Å². The van der Waals surface area contributed by atoms with Crippen molar-refractivity contribution in [1.82, 2.24) is 10.2 Å². The van der Waals surface area contributed by atoms with E-state index in [1.54, 1.807) is 12.1 Å². The monoisotopic (exact) mass is 294 g/mol. The number of benzene rings is 1. The SMILES string of the molecule is CCN(CC)C(N)=NCCNC(=O)Cc1ccc(F)cc1. The molecule has 1 amide bonds. The number of guanidine groups is 1. The Kier molecular flexibility index (Phi) is 7.21. The first-order valence-electron chi connectivity index (χ1n) is 7.12. The lowest BCUT2D eigenvalue weighted by Crippen LogP contribution is -2.37. The summed E-state index contributed by atoms with van der Waals surface area (Å²) in [5, 5.41) is 2.76. The Morgan fingerprint density at radius 1 is 1.29 bits per heavy atom. The van der Waals surface area contributed by atoms with E-state index in [0.717, 1.165) is 18.7 Å². The van der Waals surface area contributed by atoms with Crippen molar-refractivity contribution >= 4 is 11.9 Å². The van der Waals surface area contributed by atoms with E-state index in [4.69, 9.17) is 5.73 Å². The lowest BCUT2D eigenvalue weighted by molar-refractivity contribution is -0.120. The van der Waals surface area contributed by atoms with Crippen LogP contribution in [0.1, 0.15) is 19.4 Å². The predicted octanol–water partition coefficient (Wildman–Crippen LogP) is 1.14. The molecule has 0 bridgehead atoms. The third kappa shape index (κ3) is 6.25. The third-order valence-electron chi connectivity index (χ3n) is 3.07. The molecule has 0 aliphatic heterocycles. The van der Waals surface area contributed by atoms with Gasteiger partial charge in [-0.15, -0.1) is 0 Å². The highest BCUT2D eigenvalue weighted by atomic mass is 19.1. The van der Waals surface area contributed by atoms with Gasteiger partial charge in [0.15, 0.2) is 5.96 Å². The van der Waals surface area contributed by atoms with E-state index in [2.05, 4.69) is 10.3 Å². The molecule has 0 fully saturated rings. The zero-order valence-electron chi connectivity index (χ0n) is 12.6. The maximum atomic E-state index is 12.7. The second-order valence-corrected chi connectivity index (χ2v) is 4.57. The second kappa shape index (κ2) is 8.94. The molecule has 0 aliphatic carbocycles. The first-order chi connectivity index (χ1) is 10.1. The molecule has 116 valence electrons. The summed E-state index contributed by atoms with van der Waals surface area (Å²) >= 11 is 0. The van der Waals surface area contributed by atoms with Gasteiger partial charge in [0.1, 0.15) is 5.82 Å². The van der Waals surface area contributed by atoms with Crippen LogP contribution in [-0.2, 0) is 11.2 Å². The van der Waals surface area contributed by atoms with Crippen LogP contribution in [0.5, 0.6) is 0 Å². The third-order valence-corrected chi connectivity index (χ3v) is 3.07. The predicted molar refractivity (Wildman–Crippen MR) is 82.5 cm³/mol. The van der Waals surface area contributed by atoms with Crippen LogP contribution in [0.4, 0.5) is 4.39 Å². The molecule has 0 radical (unpaired) electrons. The van der Waals surface area contributed by atoms with Crippen LogP contribution < -0.4 is 11.1 Å². The van der Waals surface area contributed by atoms with Gasteiger partial charge in [-0.1, -0.05) is 12.1 Å². The van der Waals surface area contributed by atoms with Crippen LogP contribution in [0.2, 0.25) is 0 Å². The molecule has 1 aromatic rings. The molecule has 0 spiro atoms. The summed E-state index contributed by atoms with van der Waals surface area (Å²) in [5.41, 5.74) is 6.60. The first kappa shape index (κ1) is 16.9.